The van der Waals surface area contributed by atoms with Gasteiger partial charge in [-0.2, -0.15) is 0 Å². The van der Waals surface area contributed by atoms with E-state index in [1.54, 1.807) is 0 Å². The van der Waals surface area contributed by atoms with Crippen molar-refractivity contribution < 1.29 is 9.53 Å². The van der Waals surface area contributed by atoms with Crippen molar-refractivity contribution in [3.63, 3.8) is 0 Å². The number of esters is 1. The van der Waals surface area contributed by atoms with Crippen LogP contribution >= 0.6 is 0 Å². The summed E-state index contributed by atoms with van der Waals surface area (Å²) in [6.45, 7) is 9.33. The lowest BCUT2D eigenvalue weighted by atomic mass is 9.94. The van der Waals surface area contributed by atoms with Gasteiger partial charge in [-0.05, 0) is 49.3 Å². The van der Waals surface area contributed by atoms with Gasteiger partial charge in [-0.15, -0.1) is 0 Å². The average molecular weight is 417 g/mol. The van der Waals surface area contributed by atoms with Crippen LogP contribution in [0.15, 0.2) is 18.2 Å². The van der Waals surface area contributed by atoms with Gasteiger partial charge in [0.1, 0.15) is 0 Å². The van der Waals surface area contributed by atoms with Gasteiger partial charge in [-0.25, -0.2) is 0 Å². The van der Waals surface area contributed by atoms with E-state index >= 15 is 0 Å². The van der Waals surface area contributed by atoms with Crippen molar-refractivity contribution in [3.05, 3.63) is 34.9 Å². The number of hydrogen-bond donors (Lipinski definition) is 0. The van der Waals surface area contributed by atoms with Crippen molar-refractivity contribution in [2.24, 2.45) is 5.92 Å². The molecule has 0 saturated heterocycles. The van der Waals surface area contributed by atoms with E-state index in [0.717, 1.165) is 5.56 Å². The second kappa shape index (κ2) is 17.4. The Morgan fingerprint density at radius 2 is 1.33 bits per heavy atom. The van der Waals surface area contributed by atoms with Crippen LogP contribution in [0.1, 0.15) is 120 Å². The lowest BCUT2D eigenvalue weighted by Crippen LogP contribution is -2.16. The number of ether oxygens (including phenoxy) is 1. The number of hydrogen-bond acceptors (Lipinski definition) is 2. The van der Waals surface area contributed by atoms with Crippen LogP contribution in [0.4, 0.5) is 0 Å². The molecule has 0 atom stereocenters. The van der Waals surface area contributed by atoms with E-state index in [-0.39, 0.29) is 5.97 Å². The third kappa shape index (κ3) is 12.4. The molecule has 0 amide bonds. The molecule has 0 N–H and O–H groups in total. The predicted molar refractivity (Wildman–Crippen MR) is 130 cm³/mol. The topological polar surface area (TPSA) is 26.3 Å². The summed E-state index contributed by atoms with van der Waals surface area (Å²) in [6.07, 6.45) is 18.8. The van der Waals surface area contributed by atoms with Crippen LogP contribution in [0.3, 0.4) is 0 Å². The average Bonchev–Trinajstić information content (AvgIpc) is 2.74. The molecule has 1 aromatic rings. The van der Waals surface area contributed by atoms with Crippen molar-refractivity contribution in [1.82, 2.24) is 0 Å². The Labute approximate surface area is 187 Å². The molecule has 1 aromatic carbocycles. The predicted octanol–water partition coefficient (Wildman–Crippen LogP) is 8.51. The zero-order valence-corrected chi connectivity index (χ0v) is 20.4. The molecule has 0 radical (unpaired) electrons. The Hall–Kier alpha value is -1.31. The van der Waals surface area contributed by atoms with E-state index in [4.69, 9.17) is 4.74 Å². The fraction of sp³-hybridized carbons (Fsp3) is 0.750. The Morgan fingerprint density at radius 3 is 1.90 bits per heavy atom. The van der Waals surface area contributed by atoms with E-state index in [1.807, 2.05) is 12.1 Å². The first-order chi connectivity index (χ1) is 14.6. The summed E-state index contributed by atoms with van der Waals surface area (Å²) >= 11 is 0. The van der Waals surface area contributed by atoms with Gasteiger partial charge in [0.15, 0.2) is 0 Å². The SMILES string of the molecule is CCCCCCCCC(CCCCCCCC)COC(=O)Cc1cccc(C)c1C. The van der Waals surface area contributed by atoms with Crippen LogP contribution in [-0.2, 0) is 16.0 Å². The van der Waals surface area contributed by atoms with Crippen molar-refractivity contribution in [2.75, 3.05) is 6.61 Å². The minimum Gasteiger partial charge on any atom is -0.465 e. The van der Waals surface area contributed by atoms with E-state index < -0.39 is 0 Å². The quantitative estimate of drug-likeness (QED) is 0.177. The van der Waals surface area contributed by atoms with Crippen LogP contribution in [0, 0.1) is 19.8 Å². The van der Waals surface area contributed by atoms with Crippen molar-refractivity contribution in [1.29, 1.82) is 0 Å². The first-order valence-electron chi connectivity index (χ1n) is 12.8. The monoisotopic (exact) mass is 416 g/mol. The summed E-state index contributed by atoms with van der Waals surface area (Å²) in [5.41, 5.74) is 3.55. The highest BCUT2D eigenvalue weighted by atomic mass is 16.5. The Morgan fingerprint density at radius 1 is 0.800 bits per heavy atom. The van der Waals surface area contributed by atoms with Gasteiger partial charge < -0.3 is 4.74 Å². The van der Waals surface area contributed by atoms with Gasteiger partial charge in [0.25, 0.3) is 0 Å². The molecule has 0 heterocycles. The van der Waals surface area contributed by atoms with Gasteiger partial charge in [0.2, 0.25) is 0 Å². The van der Waals surface area contributed by atoms with Crippen molar-refractivity contribution in [2.45, 2.75) is 124 Å². The third-order valence-electron chi connectivity index (χ3n) is 6.46. The molecule has 0 saturated carbocycles. The molecule has 0 aliphatic heterocycles. The molecule has 30 heavy (non-hydrogen) atoms. The second-order valence-corrected chi connectivity index (χ2v) is 9.20. The van der Waals surface area contributed by atoms with E-state index in [0.29, 0.717) is 18.9 Å². The fourth-order valence-corrected chi connectivity index (χ4v) is 4.16. The summed E-state index contributed by atoms with van der Waals surface area (Å²) in [7, 11) is 0. The summed E-state index contributed by atoms with van der Waals surface area (Å²) in [5, 5.41) is 0. The van der Waals surface area contributed by atoms with E-state index in [9.17, 15) is 4.79 Å². The highest BCUT2D eigenvalue weighted by molar-refractivity contribution is 5.73. The maximum atomic E-state index is 12.5. The summed E-state index contributed by atoms with van der Waals surface area (Å²) in [5.74, 6) is 0.462. The standard InChI is InChI=1S/C28H48O2/c1-5-7-9-11-13-15-19-26(20-16-14-12-10-8-6-2)23-30-28(29)22-27-21-17-18-24(3)25(27)4/h17-18,21,26H,5-16,19-20,22-23H2,1-4H3. The van der Waals surface area contributed by atoms with Crippen LogP contribution in [0.2, 0.25) is 0 Å². The molecule has 2 heteroatoms. The molecule has 0 fully saturated rings. The minimum atomic E-state index is -0.0698. The van der Waals surface area contributed by atoms with Crippen molar-refractivity contribution >= 4 is 5.97 Å². The van der Waals surface area contributed by atoms with Gasteiger partial charge in [-0.3, -0.25) is 4.79 Å². The largest absolute Gasteiger partial charge is 0.465 e. The van der Waals surface area contributed by atoms with Crippen LogP contribution < -0.4 is 0 Å². The minimum absolute atomic E-state index is 0.0698. The van der Waals surface area contributed by atoms with E-state index in [1.165, 1.54) is 101 Å². The lowest BCUT2D eigenvalue weighted by Gasteiger charge is -2.17. The molecule has 0 aliphatic rings. The number of carbonyl (C=O) groups is 1. The molecule has 0 aromatic heterocycles. The Bertz CT molecular complexity index is 548. The van der Waals surface area contributed by atoms with Gasteiger partial charge in [0.05, 0.1) is 13.0 Å². The molecule has 1 rings (SSSR count). The maximum Gasteiger partial charge on any atom is 0.310 e. The summed E-state index contributed by atoms with van der Waals surface area (Å²) < 4.78 is 5.76. The third-order valence-corrected chi connectivity index (χ3v) is 6.46. The highest BCUT2D eigenvalue weighted by Gasteiger charge is 2.14. The highest BCUT2D eigenvalue weighted by Crippen LogP contribution is 2.20. The molecular formula is C28H48O2. The zero-order valence-electron chi connectivity index (χ0n) is 20.4. The number of carbonyl (C=O) groups excluding carboxylic acids is 1. The Kier molecular flexibility index (Phi) is 15.5. The summed E-state index contributed by atoms with van der Waals surface area (Å²) in [4.78, 5) is 12.5. The van der Waals surface area contributed by atoms with Gasteiger partial charge in [0, 0.05) is 0 Å². The number of rotatable bonds is 18. The fourth-order valence-electron chi connectivity index (χ4n) is 4.16. The van der Waals surface area contributed by atoms with E-state index in [2.05, 4.69) is 33.8 Å². The molecule has 0 spiro atoms. The van der Waals surface area contributed by atoms with Crippen LogP contribution in [0.25, 0.3) is 0 Å². The maximum absolute atomic E-state index is 12.5. The smallest absolute Gasteiger partial charge is 0.310 e. The van der Waals surface area contributed by atoms with Gasteiger partial charge in [-0.1, -0.05) is 109 Å². The number of aryl methyl sites for hydroxylation is 1. The zero-order chi connectivity index (χ0) is 22.0. The molecular weight excluding hydrogens is 368 g/mol. The summed E-state index contributed by atoms with van der Waals surface area (Å²) in [6, 6.07) is 6.18. The molecule has 0 unspecified atom stereocenters. The normalized spacial score (nSPS) is 11.2. The number of unbranched alkanes of at least 4 members (excludes halogenated alkanes) is 10. The number of benzene rings is 1. The second-order valence-electron chi connectivity index (χ2n) is 9.20. The molecule has 0 bridgehead atoms. The molecule has 2 nitrogen and oxygen atoms in total. The lowest BCUT2D eigenvalue weighted by molar-refractivity contribution is -0.144. The van der Waals surface area contributed by atoms with Crippen molar-refractivity contribution in [3.8, 4) is 0 Å². The Balaban J connectivity index is 2.39. The van der Waals surface area contributed by atoms with Gasteiger partial charge >= 0.3 is 5.97 Å². The molecule has 172 valence electrons. The molecule has 0 aliphatic carbocycles. The van der Waals surface area contributed by atoms with Crippen LogP contribution in [0.5, 0.6) is 0 Å². The first kappa shape index (κ1) is 26.7. The first-order valence-corrected chi connectivity index (χ1v) is 12.8. The van der Waals surface area contributed by atoms with Crippen LogP contribution in [-0.4, -0.2) is 12.6 Å².